The molecule has 4 heteroatoms. The maximum atomic E-state index is 10.7. The molecule has 2 rings (SSSR count). The second-order valence-corrected chi connectivity index (χ2v) is 5.37. The molecule has 4 nitrogen and oxygen atoms in total. The summed E-state index contributed by atoms with van der Waals surface area (Å²) in [6, 6.07) is 13.2. The molecule has 0 aromatic heterocycles. The van der Waals surface area contributed by atoms with Crippen LogP contribution in [0, 0.1) is 0 Å². The fourth-order valence-corrected chi connectivity index (χ4v) is 2.44. The lowest BCUT2D eigenvalue weighted by atomic mass is 10.0. The average molecular weight is 312 g/mol. The van der Waals surface area contributed by atoms with Crippen molar-refractivity contribution in [3.05, 3.63) is 48.0 Å². The van der Waals surface area contributed by atoms with Crippen LogP contribution in [0.25, 0.3) is 11.1 Å². The predicted octanol–water partition coefficient (Wildman–Crippen LogP) is 3.47. The van der Waals surface area contributed by atoms with Gasteiger partial charge in [-0.15, -0.1) is 0 Å². The summed E-state index contributed by atoms with van der Waals surface area (Å²) >= 11 is 0. The molecule has 0 amide bonds. The van der Waals surface area contributed by atoms with Crippen LogP contribution in [0.3, 0.4) is 0 Å². The van der Waals surface area contributed by atoms with Crippen molar-refractivity contribution in [3.8, 4) is 16.9 Å². The Hall–Kier alpha value is -2.33. The van der Waals surface area contributed by atoms with E-state index in [4.69, 9.17) is 10.5 Å². The first kappa shape index (κ1) is 17.0. The van der Waals surface area contributed by atoms with Crippen molar-refractivity contribution >= 4 is 12.0 Å². The Kier molecular flexibility index (Phi) is 6.18. The van der Waals surface area contributed by atoms with Gasteiger partial charge in [-0.2, -0.15) is 0 Å². The number of carbonyl (C=O) groups excluding carboxylic acids is 1. The molecule has 2 aromatic rings. The summed E-state index contributed by atoms with van der Waals surface area (Å²) in [7, 11) is 0. The van der Waals surface area contributed by atoms with Gasteiger partial charge in [-0.25, -0.2) is 0 Å². The molecule has 0 atom stereocenters. The monoisotopic (exact) mass is 312 g/mol. The summed E-state index contributed by atoms with van der Waals surface area (Å²) < 4.78 is 5.79. The number of likely N-dealkylation sites (N-methyl/N-ethyl adjacent to an activating group) is 1. The molecule has 2 N–H and O–H groups in total. The largest absolute Gasteiger partial charge is 0.490 e. The number of hydrogen-bond acceptors (Lipinski definition) is 4. The van der Waals surface area contributed by atoms with E-state index in [-0.39, 0.29) is 0 Å². The predicted molar refractivity (Wildman–Crippen MR) is 95.0 cm³/mol. The highest BCUT2D eigenvalue weighted by atomic mass is 16.5. The molecule has 0 bridgehead atoms. The van der Waals surface area contributed by atoms with Crippen molar-refractivity contribution in [1.29, 1.82) is 0 Å². The van der Waals surface area contributed by atoms with Crippen LogP contribution in [0.2, 0.25) is 0 Å². The van der Waals surface area contributed by atoms with E-state index in [2.05, 4.69) is 18.7 Å². The maximum absolute atomic E-state index is 10.7. The number of aldehydes is 1. The first-order chi connectivity index (χ1) is 11.2. The summed E-state index contributed by atoms with van der Waals surface area (Å²) in [6.07, 6.45) is 0.838. The molecule has 0 aliphatic carbocycles. The topological polar surface area (TPSA) is 55.6 Å². The van der Waals surface area contributed by atoms with E-state index in [0.29, 0.717) is 23.6 Å². The van der Waals surface area contributed by atoms with Gasteiger partial charge in [0.2, 0.25) is 0 Å². The molecule has 0 saturated carbocycles. The van der Waals surface area contributed by atoms with E-state index >= 15 is 0 Å². The number of nitrogens with zero attached hydrogens (tertiary/aromatic N) is 1. The van der Waals surface area contributed by atoms with E-state index in [9.17, 15) is 4.79 Å². The van der Waals surface area contributed by atoms with Crippen LogP contribution in [-0.4, -0.2) is 37.4 Å². The van der Waals surface area contributed by atoms with Gasteiger partial charge >= 0.3 is 0 Å². The lowest BCUT2D eigenvalue weighted by Crippen LogP contribution is -2.28. The zero-order valence-corrected chi connectivity index (χ0v) is 13.8. The standard InChI is InChI=1S/C19H24N2O2/c1-3-21(4-2)11-12-23-19-10-9-17(13-18(19)20)16-7-5-15(14-22)6-8-16/h5-10,13-14H,3-4,11-12,20H2,1-2H3. The molecular formula is C19H24N2O2. The van der Waals surface area contributed by atoms with Gasteiger partial charge in [0.1, 0.15) is 18.6 Å². The highest BCUT2D eigenvalue weighted by Crippen LogP contribution is 2.28. The first-order valence-electron chi connectivity index (χ1n) is 7.98. The number of benzene rings is 2. The van der Waals surface area contributed by atoms with Crippen LogP contribution >= 0.6 is 0 Å². The van der Waals surface area contributed by atoms with Crippen molar-refractivity contribution in [2.45, 2.75) is 13.8 Å². The first-order valence-corrected chi connectivity index (χ1v) is 7.98. The quantitative estimate of drug-likeness (QED) is 0.599. The van der Waals surface area contributed by atoms with Crippen molar-refractivity contribution < 1.29 is 9.53 Å². The molecule has 0 fully saturated rings. The Morgan fingerprint density at radius 3 is 2.26 bits per heavy atom. The van der Waals surface area contributed by atoms with Gasteiger partial charge in [0.15, 0.2) is 0 Å². The Balaban J connectivity index is 2.03. The lowest BCUT2D eigenvalue weighted by Gasteiger charge is -2.18. The fraction of sp³-hybridized carbons (Fsp3) is 0.316. The smallest absolute Gasteiger partial charge is 0.150 e. The minimum atomic E-state index is 0.624. The van der Waals surface area contributed by atoms with E-state index in [0.717, 1.165) is 37.0 Å². The SMILES string of the molecule is CCN(CC)CCOc1ccc(-c2ccc(C=O)cc2)cc1N. The fourth-order valence-electron chi connectivity index (χ4n) is 2.44. The van der Waals surface area contributed by atoms with Gasteiger partial charge in [0.25, 0.3) is 0 Å². The number of hydrogen-bond donors (Lipinski definition) is 1. The van der Waals surface area contributed by atoms with E-state index in [1.165, 1.54) is 0 Å². The number of ether oxygens (including phenoxy) is 1. The minimum absolute atomic E-state index is 0.624. The van der Waals surface area contributed by atoms with Crippen molar-refractivity contribution in [2.24, 2.45) is 0 Å². The molecule has 0 unspecified atom stereocenters. The molecule has 0 radical (unpaired) electrons. The van der Waals surface area contributed by atoms with E-state index in [1.54, 1.807) is 12.1 Å². The number of rotatable bonds is 8. The second kappa shape index (κ2) is 8.34. The van der Waals surface area contributed by atoms with Gasteiger partial charge < -0.3 is 15.4 Å². The maximum Gasteiger partial charge on any atom is 0.150 e. The third-order valence-corrected chi connectivity index (χ3v) is 3.95. The Bertz CT molecular complexity index is 634. The summed E-state index contributed by atoms with van der Waals surface area (Å²) in [5.41, 5.74) is 9.43. The third kappa shape index (κ3) is 4.57. The zero-order valence-electron chi connectivity index (χ0n) is 13.8. The van der Waals surface area contributed by atoms with Crippen molar-refractivity contribution in [1.82, 2.24) is 4.90 Å². The molecule has 0 heterocycles. The van der Waals surface area contributed by atoms with E-state index in [1.807, 2.05) is 30.3 Å². The van der Waals surface area contributed by atoms with Gasteiger partial charge in [-0.1, -0.05) is 44.2 Å². The van der Waals surface area contributed by atoms with Crippen molar-refractivity contribution in [2.75, 3.05) is 32.0 Å². The molecule has 122 valence electrons. The van der Waals surface area contributed by atoms with Crippen LogP contribution in [0.15, 0.2) is 42.5 Å². The molecule has 0 aliphatic rings. The second-order valence-electron chi connectivity index (χ2n) is 5.37. The van der Waals surface area contributed by atoms with Crippen LogP contribution < -0.4 is 10.5 Å². The molecule has 0 spiro atoms. The number of nitrogen functional groups attached to an aromatic ring is 1. The van der Waals surface area contributed by atoms with Gasteiger partial charge in [-0.05, 0) is 36.3 Å². The third-order valence-electron chi connectivity index (χ3n) is 3.95. The minimum Gasteiger partial charge on any atom is -0.490 e. The van der Waals surface area contributed by atoms with Crippen LogP contribution in [0.5, 0.6) is 5.75 Å². The molecule has 0 aliphatic heterocycles. The number of nitrogens with two attached hydrogens (primary N) is 1. The molecule has 0 saturated heterocycles. The van der Waals surface area contributed by atoms with Crippen LogP contribution in [0.4, 0.5) is 5.69 Å². The van der Waals surface area contributed by atoms with Crippen LogP contribution in [-0.2, 0) is 0 Å². The van der Waals surface area contributed by atoms with Crippen LogP contribution in [0.1, 0.15) is 24.2 Å². The van der Waals surface area contributed by atoms with Gasteiger partial charge in [0, 0.05) is 12.1 Å². The Morgan fingerprint density at radius 1 is 1.04 bits per heavy atom. The van der Waals surface area contributed by atoms with Crippen molar-refractivity contribution in [3.63, 3.8) is 0 Å². The molecular weight excluding hydrogens is 288 g/mol. The Labute approximate surface area is 137 Å². The number of carbonyl (C=O) groups is 1. The van der Waals surface area contributed by atoms with Gasteiger partial charge in [0.05, 0.1) is 5.69 Å². The molecule has 2 aromatic carbocycles. The highest BCUT2D eigenvalue weighted by molar-refractivity contribution is 5.77. The van der Waals surface area contributed by atoms with Gasteiger partial charge in [-0.3, -0.25) is 4.79 Å². The average Bonchev–Trinajstić information content (AvgIpc) is 2.60. The molecule has 23 heavy (non-hydrogen) atoms. The zero-order chi connectivity index (χ0) is 16.7. The Morgan fingerprint density at radius 2 is 1.70 bits per heavy atom. The highest BCUT2D eigenvalue weighted by Gasteiger charge is 2.05. The summed E-state index contributed by atoms with van der Waals surface area (Å²) in [5.74, 6) is 0.713. The normalized spacial score (nSPS) is 10.7. The van der Waals surface area contributed by atoms with E-state index < -0.39 is 0 Å². The summed E-state index contributed by atoms with van der Waals surface area (Å²) in [4.78, 5) is 13.0. The summed E-state index contributed by atoms with van der Waals surface area (Å²) in [5, 5.41) is 0. The number of anilines is 1. The lowest BCUT2D eigenvalue weighted by molar-refractivity contribution is 0.112. The summed E-state index contributed by atoms with van der Waals surface area (Å²) in [6.45, 7) is 7.84.